The Bertz CT molecular complexity index is 852. The van der Waals surface area contributed by atoms with Crippen molar-refractivity contribution in [3.63, 3.8) is 0 Å². The van der Waals surface area contributed by atoms with Crippen LogP contribution in [0, 0.1) is 6.92 Å². The van der Waals surface area contributed by atoms with Crippen LogP contribution in [0.1, 0.15) is 36.7 Å². The molecule has 3 rings (SSSR count). The summed E-state index contributed by atoms with van der Waals surface area (Å²) in [5.74, 6) is 0.964. The number of urea groups is 1. The second-order valence-electron chi connectivity index (χ2n) is 6.54. The van der Waals surface area contributed by atoms with Gasteiger partial charge in [0.25, 0.3) is 0 Å². The third-order valence-electron chi connectivity index (χ3n) is 4.48. The standard InChI is InChI=1S/C21H26N4O/c1-3-4-14-22-21(26)25-20-15(2)8-7-9-16(20)12-13-19-23-17-10-5-6-11-18(17)24-19/h5-11H,3-4,12-14H2,1-2H3,(H,23,24)(H2,22,25,26). The second kappa shape index (κ2) is 8.52. The monoisotopic (exact) mass is 350 g/mol. The number of hydrogen-bond donors (Lipinski definition) is 3. The van der Waals surface area contributed by atoms with Crippen molar-refractivity contribution in [1.29, 1.82) is 0 Å². The fourth-order valence-electron chi connectivity index (χ4n) is 3.03. The molecule has 0 fully saturated rings. The quantitative estimate of drug-likeness (QED) is 0.546. The van der Waals surface area contributed by atoms with E-state index in [1.165, 1.54) is 0 Å². The van der Waals surface area contributed by atoms with E-state index in [2.05, 4.69) is 33.6 Å². The van der Waals surface area contributed by atoms with Gasteiger partial charge in [0, 0.05) is 18.7 Å². The van der Waals surface area contributed by atoms with Crippen LogP contribution >= 0.6 is 0 Å². The molecule has 0 bridgehead atoms. The second-order valence-corrected chi connectivity index (χ2v) is 6.54. The van der Waals surface area contributed by atoms with Crippen LogP contribution in [-0.2, 0) is 12.8 Å². The Morgan fingerprint density at radius 2 is 1.96 bits per heavy atom. The van der Waals surface area contributed by atoms with E-state index in [9.17, 15) is 4.79 Å². The molecule has 1 aromatic heterocycles. The summed E-state index contributed by atoms with van der Waals surface area (Å²) in [6.07, 6.45) is 3.66. The average Bonchev–Trinajstić information content (AvgIpc) is 3.05. The zero-order chi connectivity index (χ0) is 18.4. The van der Waals surface area contributed by atoms with Gasteiger partial charge in [-0.15, -0.1) is 0 Å². The molecule has 1 heterocycles. The molecule has 5 nitrogen and oxygen atoms in total. The molecule has 2 aromatic carbocycles. The maximum atomic E-state index is 12.1. The minimum absolute atomic E-state index is 0.141. The predicted molar refractivity (Wildman–Crippen MR) is 107 cm³/mol. The van der Waals surface area contributed by atoms with Gasteiger partial charge in [0.1, 0.15) is 5.82 Å². The number of carbonyl (C=O) groups is 1. The molecular formula is C21H26N4O. The normalized spacial score (nSPS) is 10.8. The van der Waals surface area contributed by atoms with Gasteiger partial charge in [-0.2, -0.15) is 0 Å². The minimum atomic E-state index is -0.141. The fraction of sp³-hybridized carbons (Fsp3) is 0.333. The minimum Gasteiger partial charge on any atom is -0.342 e. The molecular weight excluding hydrogens is 324 g/mol. The molecule has 2 amide bonds. The molecule has 0 atom stereocenters. The Hall–Kier alpha value is -2.82. The number of anilines is 1. The summed E-state index contributed by atoms with van der Waals surface area (Å²) in [4.78, 5) is 20.1. The number of imidazole rings is 1. The topological polar surface area (TPSA) is 69.8 Å². The number of para-hydroxylation sites is 3. The number of hydrogen-bond acceptors (Lipinski definition) is 2. The van der Waals surface area contributed by atoms with Gasteiger partial charge >= 0.3 is 6.03 Å². The van der Waals surface area contributed by atoms with Crippen molar-refractivity contribution in [3.8, 4) is 0 Å². The van der Waals surface area contributed by atoms with Crippen LogP contribution in [0.3, 0.4) is 0 Å². The van der Waals surface area contributed by atoms with Crippen molar-refractivity contribution in [2.45, 2.75) is 39.5 Å². The molecule has 0 aliphatic heterocycles. The number of benzene rings is 2. The van der Waals surface area contributed by atoms with E-state index in [0.29, 0.717) is 6.54 Å². The van der Waals surface area contributed by atoms with Crippen molar-refractivity contribution >= 4 is 22.8 Å². The smallest absolute Gasteiger partial charge is 0.319 e. The van der Waals surface area contributed by atoms with Crippen LogP contribution in [0.4, 0.5) is 10.5 Å². The number of unbranched alkanes of at least 4 members (excludes halogenated alkanes) is 1. The molecule has 26 heavy (non-hydrogen) atoms. The highest BCUT2D eigenvalue weighted by atomic mass is 16.2. The SMILES string of the molecule is CCCCNC(=O)Nc1c(C)cccc1CCc1nc2ccccc2[nH]1. The zero-order valence-corrected chi connectivity index (χ0v) is 15.4. The molecule has 3 aromatic rings. The predicted octanol–water partition coefficient (Wildman–Crippen LogP) is 4.58. The van der Waals surface area contributed by atoms with Crippen LogP contribution in [0.5, 0.6) is 0 Å². The number of aromatic nitrogens is 2. The summed E-state index contributed by atoms with van der Waals surface area (Å²) in [5, 5.41) is 5.93. The molecule has 0 spiro atoms. The highest BCUT2D eigenvalue weighted by Gasteiger charge is 2.10. The first kappa shape index (κ1) is 18.0. The lowest BCUT2D eigenvalue weighted by atomic mass is 10.0. The Labute approximate surface area is 154 Å². The summed E-state index contributed by atoms with van der Waals surface area (Å²) in [7, 11) is 0. The molecule has 136 valence electrons. The summed E-state index contributed by atoms with van der Waals surface area (Å²) in [5.41, 5.74) is 5.13. The summed E-state index contributed by atoms with van der Waals surface area (Å²) in [6.45, 7) is 4.83. The van der Waals surface area contributed by atoms with Gasteiger partial charge in [-0.1, -0.05) is 43.7 Å². The van der Waals surface area contributed by atoms with Gasteiger partial charge in [-0.3, -0.25) is 0 Å². The molecule has 0 saturated carbocycles. The van der Waals surface area contributed by atoms with Crippen molar-refractivity contribution in [3.05, 3.63) is 59.4 Å². The highest BCUT2D eigenvalue weighted by molar-refractivity contribution is 5.91. The van der Waals surface area contributed by atoms with E-state index in [0.717, 1.165) is 59.4 Å². The summed E-state index contributed by atoms with van der Waals surface area (Å²) < 4.78 is 0. The fourth-order valence-corrected chi connectivity index (χ4v) is 3.03. The number of H-pyrrole nitrogens is 1. The Morgan fingerprint density at radius 3 is 2.77 bits per heavy atom. The van der Waals surface area contributed by atoms with Crippen molar-refractivity contribution < 1.29 is 4.79 Å². The van der Waals surface area contributed by atoms with Crippen LogP contribution in [0.25, 0.3) is 11.0 Å². The molecule has 3 N–H and O–H groups in total. The maximum Gasteiger partial charge on any atom is 0.319 e. The number of rotatable bonds is 7. The van der Waals surface area contributed by atoms with E-state index in [1.807, 2.05) is 43.3 Å². The lowest BCUT2D eigenvalue weighted by Crippen LogP contribution is -2.30. The van der Waals surface area contributed by atoms with Gasteiger partial charge in [-0.25, -0.2) is 9.78 Å². The van der Waals surface area contributed by atoms with Crippen LogP contribution < -0.4 is 10.6 Å². The number of aromatic amines is 1. The third-order valence-corrected chi connectivity index (χ3v) is 4.48. The molecule has 0 saturated heterocycles. The lowest BCUT2D eigenvalue weighted by molar-refractivity contribution is 0.252. The number of fused-ring (bicyclic) bond motifs is 1. The molecule has 0 radical (unpaired) electrons. The van der Waals surface area contributed by atoms with Gasteiger partial charge in [0.15, 0.2) is 0 Å². The highest BCUT2D eigenvalue weighted by Crippen LogP contribution is 2.22. The maximum absolute atomic E-state index is 12.1. The van der Waals surface area contributed by atoms with E-state index in [-0.39, 0.29) is 6.03 Å². The largest absolute Gasteiger partial charge is 0.342 e. The van der Waals surface area contributed by atoms with Crippen molar-refractivity contribution in [1.82, 2.24) is 15.3 Å². The number of amides is 2. The first-order valence-electron chi connectivity index (χ1n) is 9.24. The lowest BCUT2D eigenvalue weighted by Gasteiger charge is -2.14. The van der Waals surface area contributed by atoms with Gasteiger partial charge in [-0.05, 0) is 43.0 Å². The van der Waals surface area contributed by atoms with Crippen LogP contribution in [0.15, 0.2) is 42.5 Å². The molecule has 5 heteroatoms. The first-order valence-corrected chi connectivity index (χ1v) is 9.24. The van der Waals surface area contributed by atoms with Gasteiger partial charge in [0.2, 0.25) is 0 Å². The molecule has 0 unspecified atom stereocenters. The number of nitrogens with zero attached hydrogens (tertiary/aromatic N) is 1. The van der Waals surface area contributed by atoms with E-state index >= 15 is 0 Å². The van der Waals surface area contributed by atoms with E-state index in [1.54, 1.807) is 0 Å². The Morgan fingerprint density at radius 1 is 1.12 bits per heavy atom. The van der Waals surface area contributed by atoms with Gasteiger partial charge < -0.3 is 15.6 Å². The third kappa shape index (κ3) is 4.42. The first-order chi connectivity index (χ1) is 12.7. The van der Waals surface area contributed by atoms with Crippen molar-refractivity contribution in [2.75, 3.05) is 11.9 Å². The molecule has 0 aliphatic carbocycles. The van der Waals surface area contributed by atoms with Crippen molar-refractivity contribution in [2.24, 2.45) is 0 Å². The average molecular weight is 350 g/mol. The summed E-state index contributed by atoms with van der Waals surface area (Å²) in [6, 6.07) is 14.0. The van der Waals surface area contributed by atoms with E-state index < -0.39 is 0 Å². The number of aryl methyl sites for hydroxylation is 3. The Kier molecular flexibility index (Phi) is 5.89. The molecule has 0 aliphatic rings. The number of nitrogens with one attached hydrogen (secondary N) is 3. The van der Waals surface area contributed by atoms with Crippen LogP contribution in [-0.4, -0.2) is 22.5 Å². The zero-order valence-electron chi connectivity index (χ0n) is 15.4. The Balaban J connectivity index is 1.69. The number of carbonyl (C=O) groups excluding carboxylic acids is 1. The summed E-state index contributed by atoms with van der Waals surface area (Å²) >= 11 is 0. The van der Waals surface area contributed by atoms with Gasteiger partial charge in [0.05, 0.1) is 11.0 Å². The van der Waals surface area contributed by atoms with E-state index in [4.69, 9.17) is 0 Å². The van der Waals surface area contributed by atoms with Crippen LogP contribution in [0.2, 0.25) is 0 Å².